The van der Waals surface area contributed by atoms with E-state index in [4.69, 9.17) is 15.1 Å². The first kappa shape index (κ1) is 24.6. The number of aryl methyl sites for hydroxylation is 1. The number of para-hydroxylation sites is 1. The van der Waals surface area contributed by atoms with E-state index < -0.39 is 0 Å². The lowest BCUT2D eigenvalue weighted by atomic mass is 10.0. The van der Waals surface area contributed by atoms with Gasteiger partial charge in [0, 0.05) is 39.0 Å². The number of aromatic nitrogens is 4. The number of hydrogen-bond donors (Lipinski definition) is 0. The van der Waals surface area contributed by atoms with Crippen molar-refractivity contribution in [2.45, 2.75) is 51.9 Å². The second kappa shape index (κ2) is 10.9. The molecule has 4 aromatic rings. The van der Waals surface area contributed by atoms with Crippen LogP contribution < -0.4 is 4.90 Å². The third-order valence-electron chi connectivity index (χ3n) is 8.11. The molecule has 0 atom stereocenters. The number of carbonyl (C=O) groups excluding carboxylic acids is 1. The van der Waals surface area contributed by atoms with E-state index in [0.29, 0.717) is 18.7 Å². The number of amides is 1. The molecule has 0 bridgehead atoms. The zero-order chi connectivity index (χ0) is 25.9. The largest absolute Gasteiger partial charge is 0.352 e. The van der Waals surface area contributed by atoms with E-state index in [1.165, 1.54) is 36.8 Å². The van der Waals surface area contributed by atoms with Gasteiger partial charge in [0.15, 0.2) is 5.65 Å². The smallest absolute Gasteiger partial charge is 0.222 e. The van der Waals surface area contributed by atoms with Gasteiger partial charge in [0.1, 0.15) is 11.6 Å². The van der Waals surface area contributed by atoms with Crippen molar-refractivity contribution in [3.8, 4) is 5.69 Å². The van der Waals surface area contributed by atoms with Gasteiger partial charge in [-0.25, -0.2) is 14.6 Å². The Bertz CT molecular complexity index is 1380. The van der Waals surface area contributed by atoms with Gasteiger partial charge in [-0.1, -0.05) is 73.7 Å². The summed E-state index contributed by atoms with van der Waals surface area (Å²) in [5.41, 5.74) is 4.22. The molecule has 0 N–H and O–H groups in total. The molecule has 2 aromatic heterocycles. The molecule has 1 amide bonds. The topological polar surface area (TPSA) is 67.2 Å². The lowest BCUT2D eigenvalue weighted by Gasteiger charge is -2.36. The third kappa shape index (κ3) is 5.28. The van der Waals surface area contributed by atoms with Crippen LogP contribution in [-0.4, -0.2) is 56.7 Å². The van der Waals surface area contributed by atoms with Gasteiger partial charge in [0.25, 0.3) is 0 Å². The van der Waals surface area contributed by atoms with Gasteiger partial charge in [0.2, 0.25) is 5.91 Å². The van der Waals surface area contributed by atoms with E-state index >= 15 is 0 Å². The molecule has 7 nitrogen and oxygen atoms in total. The summed E-state index contributed by atoms with van der Waals surface area (Å²) in [6.07, 6.45) is 9.53. The van der Waals surface area contributed by atoms with Gasteiger partial charge in [-0.05, 0) is 37.0 Å². The minimum atomic E-state index is 0.307. The SMILES string of the molecule is Cc1ccc(Cc2nc(N3CCN(C(=O)CCC4CCCC4)CC3)c3cnn(-c4ccccc4)c3n2)cc1. The van der Waals surface area contributed by atoms with E-state index in [0.717, 1.165) is 66.9 Å². The first-order valence-corrected chi connectivity index (χ1v) is 14.0. The molecule has 1 aliphatic heterocycles. The molecule has 38 heavy (non-hydrogen) atoms. The Labute approximate surface area is 224 Å². The van der Waals surface area contributed by atoms with Crippen LogP contribution in [0.2, 0.25) is 0 Å². The van der Waals surface area contributed by atoms with Crippen molar-refractivity contribution in [2.24, 2.45) is 5.92 Å². The third-order valence-corrected chi connectivity index (χ3v) is 8.11. The fourth-order valence-electron chi connectivity index (χ4n) is 5.86. The van der Waals surface area contributed by atoms with Crippen LogP contribution in [0, 0.1) is 12.8 Å². The molecule has 2 aromatic carbocycles. The van der Waals surface area contributed by atoms with Gasteiger partial charge in [0.05, 0.1) is 17.3 Å². The number of benzene rings is 2. The van der Waals surface area contributed by atoms with Gasteiger partial charge in [-0.2, -0.15) is 5.10 Å². The highest BCUT2D eigenvalue weighted by atomic mass is 16.2. The normalized spacial score (nSPS) is 16.4. The summed E-state index contributed by atoms with van der Waals surface area (Å²) in [6.45, 7) is 5.09. The molecular weight excluding hydrogens is 472 g/mol. The van der Waals surface area contributed by atoms with E-state index in [1.54, 1.807) is 0 Å². The molecular formula is C31H36N6O. The maximum absolute atomic E-state index is 12.9. The molecule has 1 saturated heterocycles. The van der Waals surface area contributed by atoms with Crippen molar-refractivity contribution in [2.75, 3.05) is 31.1 Å². The molecule has 0 spiro atoms. The molecule has 0 unspecified atom stereocenters. The number of carbonyl (C=O) groups is 1. The average molecular weight is 509 g/mol. The summed E-state index contributed by atoms with van der Waals surface area (Å²) in [7, 11) is 0. The van der Waals surface area contributed by atoms with Gasteiger partial charge in [-0.3, -0.25) is 4.79 Å². The van der Waals surface area contributed by atoms with Crippen LogP contribution in [-0.2, 0) is 11.2 Å². The van der Waals surface area contributed by atoms with E-state index in [1.807, 2.05) is 46.1 Å². The van der Waals surface area contributed by atoms with Crippen molar-refractivity contribution < 1.29 is 4.79 Å². The number of piperazine rings is 1. The predicted octanol–water partition coefficient (Wildman–Crippen LogP) is 5.33. The standard InChI is InChI=1S/C31H36N6O/c1-23-11-13-25(14-12-23)21-28-33-30(27-22-32-37(31(27)34-28)26-9-3-2-4-10-26)36-19-17-35(18-20-36)29(38)16-15-24-7-5-6-8-24/h2-4,9-14,22,24H,5-8,15-21H2,1H3. The first-order valence-electron chi connectivity index (χ1n) is 14.0. The summed E-state index contributed by atoms with van der Waals surface area (Å²) in [5.74, 6) is 2.76. The molecule has 1 saturated carbocycles. The molecule has 3 heterocycles. The minimum absolute atomic E-state index is 0.307. The van der Waals surface area contributed by atoms with Crippen molar-refractivity contribution in [1.82, 2.24) is 24.6 Å². The highest BCUT2D eigenvalue weighted by Gasteiger charge is 2.26. The molecule has 7 heteroatoms. The predicted molar refractivity (Wildman–Crippen MR) is 151 cm³/mol. The Morgan fingerprint density at radius 2 is 1.66 bits per heavy atom. The van der Waals surface area contributed by atoms with Gasteiger partial charge >= 0.3 is 0 Å². The lowest BCUT2D eigenvalue weighted by molar-refractivity contribution is -0.131. The molecule has 1 aliphatic carbocycles. The Hall–Kier alpha value is -3.74. The summed E-state index contributed by atoms with van der Waals surface area (Å²) >= 11 is 0. The number of hydrogen-bond acceptors (Lipinski definition) is 5. The zero-order valence-corrected chi connectivity index (χ0v) is 22.2. The summed E-state index contributed by atoms with van der Waals surface area (Å²) in [4.78, 5) is 27.3. The van der Waals surface area contributed by atoms with Crippen molar-refractivity contribution in [1.29, 1.82) is 0 Å². The summed E-state index contributed by atoms with van der Waals surface area (Å²) < 4.78 is 1.90. The van der Waals surface area contributed by atoms with Crippen molar-refractivity contribution >= 4 is 22.8 Å². The maximum Gasteiger partial charge on any atom is 0.222 e. The van der Waals surface area contributed by atoms with Gasteiger partial charge < -0.3 is 9.80 Å². The molecule has 6 rings (SSSR count). The molecule has 2 fully saturated rings. The Balaban J connectivity index is 1.25. The van der Waals surface area contributed by atoms with Crippen molar-refractivity contribution in [3.63, 3.8) is 0 Å². The van der Waals surface area contributed by atoms with Crippen LogP contribution >= 0.6 is 0 Å². The highest BCUT2D eigenvalue weighted by Crippen LogP contribution is 2.30. The fraction of sp³-hybridized carbons (Fsp3) is 0.419. The summed E-state index contributed by atoms with van der Waals surface area (Å²) in [6, 6.07) is 18.7. The van der Waals surface area contributed by atoms with Crippen LogP contribution in [0.15, 0.2) is 60.8 Å². The monoisotopic (exact) mass is 508 g/mol. The fourth-order valence-corrected chi connectivity index (χ4v) is 5.86. The van der Waals surface area contributed by atoms with Crippen LogP contribution in [0.25, 0.3) is 16.7 Å². The second-order valence-electron chi connectivity index (χ2n) is 10.8. The first-order chi connectivity index (χ1) is 18.6. The van der Waals surface area contributed by atoms with Gasteiger partial charge in [-0.15, -0.1) is 0 Å². The van der Waals surface area contributed by atoms with E-state index in [-0.39, 0.29) is 0 Å². The second-order valence-corrected chi connectivity index (χ2v) is 10.8. The quantitative estimate of drug-likeness (QED) is 0.337. The number of nitrogens with zero attached hydrogens (tertiary/aromatic N) is 6. The maximum atomic E-state index is 12.9. The van der Waals surface area contributed by atoms with E-state index in [2.05, 4.69) is 36.1 Å². The number of rotatable bonds is 7. The Kier molecular flexibility index (Phi) is 7.08. The average Bonchev–Trinajstić information content (AvgIpc) is 3.63. The van der Waals surface area contributed by atoms with E-state index in [9.17, 15) is 4.79 Å². The number of fused-ring (bicyclic) bond motifs is 1. The van der Waals surface area contributed by atoms with Crippen LogP contribution in [0.5, 0.6) is 0 Å². The molecule has 2 aliphatic rings. The number of anilines is 1. The highest BCUT2D eigenvalue weighted by molar-refractivity contribution is 5.88. The molecule has 0 radical (unpaired) electrons. The minimum Gasteiger partial charge on any atom is -0.352 e. The van der Waals surface area contributed by atoms with Crippen LogP contribution in [0.1, 0.15) is 55.5 Å². The lowest BCUT2D eigenvalue weighted by Crippen LogP contribution is -2.49. The Morgan fingerprint density at radius 1 is 0.921 bits per heavy atom. The van der Waals surface area contributed by atoms with Crippen LogP contribution in [0.4, 0.5) is 5.82 Å². The van der Waals surface area contributed by atoms with Crippen LogP contribution in [0.3, 0.4) is 0 Å². The Morgan fingerprint density at radius 3 is 2.39 bits per heavy atom. The molecule has 196 valence electrons. The van der Waals surface area contributed by atoms with Crippen molar-refractivity contribution in [3.05, 3.63) is 77.7 Å². The zero-order valence-electron chi connectivity index (χ0n) is 22.2. The summed E-state index contributed by atoms with van der Waals surface area (Å²) in [5, 5.41) is 5.66.